The second-order valence-electron chi connectivity index (χ2n) is 4.30. The predicted molar refractivity (Wildman–Crippen MR) is 50.0 cm³/mol. The van der Waals surface area contributed by atoms with E-state index in [4.69, 9.17) is 0 Å². The summed E-state index contributed by atoms with van der Waals surface area (Å²) in [7, 11) is 0. The Morgan fingerprint density at radius 3 is 2.36 bits per heavy atom. The molecule has 1 rings (SSSR count). The van der Waals surface area contributed by atoms with E-state index < -0.39 is 12.1 Å². The highest BCUT2D eigenvalue weighted by Crippen LogP contribution is 2.36. The summed E-state index contributed by atoms with van der Waals surface area (Å²) < 4.78 is 37.3. The highest BCUT2D eigenvalue weighted by atomic mass is 19.4. The molecule has 84 valence electrons. The van der Waals surface area contributed by atoms with Crippen LogP contribution in [0.4, 0.5) is 13.2 Å². The minimum atomic E-state index is -4.04. The molecule has 1 aliphatic heterocycles. The lowest BCUT2D eigenvalue weighted by Gasteiger charge is -2.33. The molecule has 1 fully saturated rings. The van der Waals surface area contributed by atoms with Crippen LogP contribution in [0.1, 0.15) is 26.7 Å². The van der Waals surface area contributed by atoms with Crippen molar-refractivity contribution < 1.29 is 13.2 Å². The van der Waals surface area contributed by atoms with Gasteiger partial charge in [-0.15, -0.1) is 0 Å². The molecule has 1 N–H and O–H groups in total. The van der Waals surface area contributed by atoms with Gasteiger partial charge in [0.05, 0.1) is 5.92 Å². The Hall–Kier alpha value is -0.250. The van der Waals surface area contributed by atoms with Crippen molar-refractivity contribution in [3.63, 3.8) is 0 Å². The quantitative estimate of drug-likeness (QED) is 0.737. The van der Waals surface area contributed by atoms with Crippen molar-refractivity contribution in [3.8, 4) is 0 Å². The number of nitrogens with one attached hydrogen (secondary N) is 1. The molecule has 4 heteroatoms. The molecule has 0 saturated carbocycles. The van der Waals surface area contributed by atoms with Crippen LogP contribution >= 0.6 is 0 Å². The van der Waals surface area contributed by atoms with Crippen LogP contribution < -0.4 is 5.32 Å². The lowest BCUT2D eigenvalue weighted by Crippen LogP contribution is -2.38. The smallest absolute Gasteiger partial charge is 0.316 e. The van der Waals surface area contributed by atoms with E-state index >= 15 is 0 Å². The maximum Gasteiger partial charge on any atom is 0.391 e. The number of hydrogen-bond donors (Lipinski definition) is 1. The van der Waals surface area contributed by atoms with E-state index in [-0.39, 0.29) is 11.8 Å². The van der Waals surface area contributed by atoms with Crippen molar-refractivity contribution in [1.82, 2.24) is 5.32 Å². The Morgan fingerprint density at radius 2 is 1.93 bits per heavy atom. The first-order valence-electron chi connectivity index (χ1n) is 5.20. The zero-order valence-electron chi connectivity index (χ0n) is 8.69. The molecule has 0 amide bonds. The van der Waals surface area contributed by atoms with Gasteiger partial charge in [0.1, 0.15) is 0 Å². The van der Waals surface area contributed by atoms with Crippen LogP contribution in [0.5, 0.6) is 0 Å². The van der Waals surface area contributed by atoms with Gasteiger partial charge in [-0.1, -0.05) is 13.8 Å². The fourth-order valence-electron chi connectivity index (χ4n) is 2.03. The van der Waals surface area contributed by atoms with Crippen molar-refractivity contribution in [2.45, 2.75) is 32.9 Å². The summed E-state index contributed by atoms with van der Waals surface area (Å²) in [4.78, 5) is 0. The monoisotopic (exact) mass is 209 g/mol. The van der Waals surface area contributed by atoms with Gasteiger partial charge in [0.2, 0.25) is 0 Å². The number of hydrogen-bond acceptors (Lipinski definition) is 1. The highest BCUT2D eigenvalue weighted by Gasteiger charge is 2.41. The number of rotatable bonds is 2. The third kappa shape index (κ3) is 2.87. The predicted octanol–water partition coefficient (Wildman–Crippen LogP) is 2.82. The van der Waals surface area contributed by atoms with Crippen LogP contribution in [-0.2, 0) is 0 Å². The molecule has 1 aliphatic rings. The summed E-state index contributed by atoms with van der Waals surface area (Å²) >= 11 is 0. The molecule has 1 nitrogen and oxygen atoms in total. The summed E-state index contributed by atoms with van der Waals surface area (Å²) in [6.45, 7) is 4.69. The number of piperidine rings is 1. The van der Waals surface area contributed by atoms with Crippen LogP contribution in [0.2, 0.25) is 0 Å². The van der Waals surface area contributed by atoms with Gasteiger partial charge in [-0.25, -0.2) is 0 Å². The third-order valence-electron chi connectivity index (χ3n) is 3.38. The molecule has 0 radical (unpaired) electrons. The van der Waals surface area contributed by atoms with Crippen molar-refractivity contribution in [1.29, 1.82) is 0 Å². The van der Waals surface area contributed by atoms with Crippen LogP contribution in [0, 0.1) is 17.8 Å². The molecular formula is C10H18F3N. The Bertz CT molecular complexity index is 173. The highest BCUT2D eigenvalue weighted by molar-refractivity contribution is 4.79. The Labute approximate surface area is 83.1 Å². The van der Waals surface area contributed by atoms with Gasteiger partial charge in [-0.3, -0.25) is 0 Å². The minimum absolute atomic E-state index is 0.181. The van der Waals surface area contributed by atoms with Gasteiger partial charge >= 0.3 is 6.18 Å². The van der Waals surface area contributed by atoms with Crippen molar-refractivity contribution >= 4 is 0 Å². The largest absolute Gasteiger partial charge is 0.391 e. The van der Waals surface area contributed by atoms with E-state index in [9.17, 15) is 13.2 Å². The minimum Gasteiger partial charge on any atom is -0.316 e. The molecule has 0 aromatic carbocycles. The average molecular weight is 209 g/mol. The van der Waals surface area contributed by atoms with Crippen LogP contribution in [0.15, 0.2) is 0 Å². The van der Waals surface area contributed by atoms with E-state index in [2.05, 4.69) is 5.32 Å². The first-order chi connectivity index (χ1) is 6.43. The summed E-state index contributed by atoms with van der Waals surface area (Å²) in [5.41, 5.74) is 0. The molecule has 1 heterocycles. The molecule has 1 saturated heterocycles. The third-order valence-corrected chi connectivity index (χ3v) is 3.38. The maximum absolute atomic E-state index is 12.4. The Morgan fingerprint density at radius 1 is 1.29 bits per heavy atom. The molecule has 0 aliphatic carbocycles. The summed E-state index contributed by atoms with van der Waals surface area (Å²) in [5.74, 6) is -1.28. The lowest BCUT2D eigenvalue weighted by atomic mass is 9.80. The van der Waals surface area contributed by atoms with Crippen LogP contribution in [-0.4, -0.2) is 19.3 Å². The van der Waals surface area contributed by atoms with E-state index in [0.717, 1.165) is 25.9 Å². The van der Waals surface area contributed by atoms with E-state index in [1.165, 1.54) is 6.92 Å². The summed E-state index contributed by atoms with van der Waals surface area (Å²) in [6, 6.07) is 0. The lowest BCUT2D eigenvalue weighted by molar-refractivity contribution is -0.187. The van der Waals surface area contributed by atoms with Gasteiger partial charge in [0, 0.05) is 0 Å². The maximum atomic E-state index is 12.4. The van der Waals surface area contributed by atoms with Gasteiger partial charge in [0.25, 0.3) is 0 Å². The van der Waals surface area contributed by atoms with Gasteiger partial charge in [-0.05, 0) is 37.8 Å². The first kappa shape index (κ1) is 11.8. The normalized spacial score (nSPS) is 28.5. The van der Waals surface area contributed by atoms with Gasteiger partial charge in [-0.2, -0.15) is 13.2 Å². The van der Waals surface area contributed by atoms with E-state index in [1.807, 2.05) is 0 Å². The molecule has 0 spiro atoms. The molecule has 0 aromatic heterocycles. The van der Waals surface area contributed by atoms with E-state index in [0.29, 0.717) is 0 Å². The Balaban J connectivity index is 2.50. The van der Waals surface area contributed by atoms with Crippen LogP contribution in [0.25, 0.3) is 0 Å². The molecular weight excluding hydrogens is 191 g/mol. The molecule has 0 aromatic rings. The SMILES string of the molecule is CC(C1CCCNC1)C(C)C(F)(F)F. The second-order valence-corrected chi connectivity index (χ2v) is 4.30. The zero-order chi connectivity index (χ0) is 10.8. The molecule has 14 heavy (non-hydrogen) atoms. The average Bonchev–Trinajstić information content (AvgIpc) is 2.15. The van der Waals surface area contributed by atoms with Gasteiger partial charge in [0.15, 0.2) is 0 Å². The molecule has 0 bridgehead atoms. The van der Waals surface area contributed by atoms with Crippen molar-refractivity contribution in [2.75, 3.05) is 13.1 Å². The summed E-state index contributed by atoms with van der Waals surface area (Å²) in [6.07, 6.45) is -2.12. The zero-order valence-corrected chi connectivity index (χ0v) is 8.69. The van der Waals surface area contributed by atoms with Crippen LogP contribution in [0.3, 0.4) is 0 Å². The summed E-state index contributed by atoms with van der Waals surface area (Å²) in [5, 5.41) is 3.15. The number of halogens is 3. The standard InChI is InChI=1S/C10H18F3N/c1-7(8(2)10(11,12)13)9-4-3-5-14-6-9/h7-9,14H,3-6H2,1-2H3. The number of alkyl halides is 3. The second kappa shape index (κ2) is 4.51. The van der Waals surface area contributed by atoms with Crippen molar-refractivity contribution in [2.24, 2.45) is 17.8 Å². The van der Waals surface area contributed by atoms with Crippen molar-refractivity contribution in [3.05, 3.63) is 0 Å². The molecule has 3 atom stereocenters. The topological polar surface area (TPSA) is 12.0 Å². The van der Waals surface area contributed by atoms with Gasteiger partial charge < -0.3 is 5.32 Å². The first-order valence-corrected chi connectivity index (χ1v) is 5.20. The van der Waals surface area contributed by atoms with E-state index in [1.54, 1.807) is 6.92 Å². The Kier molecular flexibility index (Phi) is 3.81. The fourth-order valence-corrected chi connectivity index (χ4v) is 2.03. The fraction of sp³-hybridized carbons (Fsp3) is 1.00. The molecule has 3 unspecified atom stereocenters.